The summed E-state index contributed by atoms with van der Waals surface area (Å²) in [5.74, 6) is -1.56. The van der Waals surface area contributed by atoms with Crippen LogP contribution in [-0.4, -0.2) is 17.9 Å². The average molecular weight is 204 g/mol. The van der Waals surface area contributed by atoms with Crippen LogP contribution < -0.4 is 0 Å². The van der Waals surface area contributed by atoms with Crippen molar-refractivity contribution in [2.45, 2.75) is 18.5 Å². The highest BCUT2D eigenvalue weighted by molar-refractivity contribution is 5.20. The van der Waals surface area contributed by atoms with Crippen LogP contribution in [0.5, 0.6) is 0 Å². The molecule has 1 aromatic carbocycles. The van der Waals surface area contributed by atoms with Crippen LogP contribution in [0.4, 0.5) is 13.2 Å². The second kappa shape index (κ2) is 4.46. The van der Waals surface area contributed by atoms with Gasteiger partial charge in [-0.15, -0.1) is 0 Å². The average Bonchev–Trinajstić information content (AvgIpc) is 2.14. The van der Waals surface area contributed by atoms with Gasteiger partial charge in [0.2, 0.25) is 0 Å². The number of halogens is 3. The quantitative estimate of drug-likeness (QED) is 0.802. The Morgan fingerprint density at radius 3 is 2.14 bits per heavy atom. The van der Waals surface area contributed by atoms with Crippen LogP contribution in [0.3, 0.4) is 0 Å². The van der Waals surface area contributed by atoms with Gasteiger partial charge in [0.05, 0.1) is 5.92 Å². The van der Waals surface area contributed by atoms with Gasteiger partial charge in [-0.2, -0.15) is 13.2 Å². The van der Waals surface area contributed by atoms with Crippen molar-refractivity contribution in [3.05, 3.63) is 35.9 Å². The van der Waals surface area contributed by atoms with Crippen molar-refractivity contribution in [3.63, 3.8) is 0 Å². The van der Waals surface area contributed by atoms with Gasteiger partial charge in [-0.3, -0.25) is 0 Å². The zero-order valence-electron chi connectivity index (χ0n) is 7.46. The largest absolute Gasteiger partial charge is 0.396 e. The van der Waals surface area contributed by atoms with Crippen molar-refractivity contribution in [1.82, 2.24) is 0 Å². The van der Waals surface area contributed by atoms with E-state index in [0.29, 0.717) is 0 Å². The lowest BCUT2D eigenvalue weighted by Crippen LogP contribution is -2.21. The summed E-state index contributed by atoms with van der Waals surface area (Å²) in [4.78, 5) is 0. The van der Waals surface area contributed by atoms with E-state index in [0.717, 1.165) is 0 Å². The molecule has 0 saturated heterocycles. The normalized spacial score (nSPS) is 14.0. The molecule has 0 aromatic heterocycles. The topological polar surface area (TPSA) is 20.2 Å². The molecule has 14 heavy (non-hydrogen) atoms. The van der Waals surface area contributed by atoms with Crippen LogP contribution in [0.1, 0.15) is 17.9 Å². The molecule has 4 heteroatoms. The molecule has 1 nitrogen and oxygen atoms in total. The first-order chi connectivity index (χ1) is 6.55. The predicted octanol–water partition coefficient (Wildman–Crippen LogP) is 2.71. The van der Waals surface area contributed by atoms with Gasteiger partial charge in [-0.25, -0.2) is 0 Å². The fourth-order valence-corrected chi connectivity index (χ4v) is 1.33. The molecule has 78 valence electrons. The van der Waals surface area contributed by atoms with Crippen LogP contribution in [0.25, 0.3) is 0 Å². The van der Waals surface area contributed by atoms with Gasteiger partial charge in [0.25, 0.3) is 0 Å². The second-order valence-electron chi connectivity index (χ2n) is 3.02. The Hall–Kier alpha value is -1.03. The molecule has 0 aliphatic carbocycles. The van der Waals surface area contributed by atoms with E-state index in [4.69, 9.17) is 5.11 Å². The number of hydrogen-bond donors (Lipinski definition) is 1. The van der Waals surface area contributed by atoms with Gasteiger partial charge in [-0.1, -0.05) is 30.3 Å². The summed E-state index contributed by atoms with van der Waals surface area (Å²) in [5.41, 5.74) is 0.203. The van der Waals surface area contributed by atoms with Crippen molar-refractivity contribution in [2.75, 3.05) is 6.61 Å². The molecule has 0 amide bonds. The molecule has 1 atom stereocenters. The van der Waals surface area contributed by atoms with Crippen molar-refractivity contribution in [2.24, 2.45) is 0 Å². The zero-order valence-corrected chi connectivity index (χ0v) is 7.46. The Kier molecular flexibility index (Phi) is 3.52. The van der Waals surface area contributed by atoms with Crippen molar-refractivity contribution in [1.29, 1.82) is 0 Å². The summed E-state index contributed by atoms with van der Waals surface area (Å²) in [6.07, 6.45) is -4.57. The summed E-state index contributed by atoms with van der Waals surface area (Å²) in [6.45, 7) is -0.459. The molecule has 0 spiro atoms. The molecule has 0 radical (unpaired) electrons. The monoisotopic (exact) mass is 204 g/mol. The Morgan fingerprint density at radius 2 is 1.71 bits per heavy atom. The molecule has 0 fully saturated rings. The van der Waals surface area contributed by atoms with Gasteiger partial charge < -0.3 is 5.11 Å². The number of aliphatic hydroxyl groups excluding tert-OH is 1. The number of benzene rings is 1. The fourth-order valence-electron chi connectivity index (χ4n) is 1.33. The van der Waals surface area contributed by atoms with Crippen LogP contribution in [-0.2, 0) is 0 Å². The molecule has 1 rings (SSSR count). The molecule has 0 aliphatic heterocycles. The lowest BCUT2D eigenvalue weighted by molar-refractivity contribution is -0.153. The van der Waals surface area contributed by atoms with E-state index in [1.54, 1.807) is 18.2 Å². The number of alkyl halides is 3. The highest BCUT2D eigenvalue weighted by atomic mass is 19.4. The lowest BCUT2D eigenvalue weighted by Gasteiger charge is -2.19. The molecule has 0 bridgehead atoms. The molecule has 1 aromatic rings. The summed E-state index contributed by atoms with van der Waals surface area (Å²) in [6, 6.07) is 7.63. The molecular weight excluding hydrogens is 193 g/mol. The number of rotatable bonds is 3. The summed E-state index contributed by atoms with van der Waals surface area (Å²) >= 11 is 0. The van der Waals surface area contributed by atoms with E-state index in [2.05, 4.69) is 0 Å². The van der Waals surface area contributed by atoms with E-state index < -0.39 is 18.7 Å². The molecule has 0 saturated carbocycles. The van der Waals surface area contributed by atoms with E-state index in [1.807, 2.05) is 0 Å². The van der Waals surface area contributed by atoms with Gasteiger partial charge in [0.15, 0.2) is 0 Å². The Bertz CT molecular complexity index is 268. The van der Waals surface area contributed by atoms with Gasteiger partial charge in [-0.05, 0) is 12.0 Å². The molecule has 0 unspecified atom stereocenters. The van der Waals surface area contributed by atoms with E-state index in [9.17, 15) is 13.2 Å². The maximum atomic E-state index is 12.5. The second-order valence-corrected chi connectivity index (χ2v) is 3.02. The van der Waals surface area contributed by atoms with E-state index >= 15 is 0 Å². The van der Waals surface area contributed by atoms with Gasteiger partial charge in [0, 0.05) is 6.61 Å². The first-order valence-corrected chi connectivity index (χ1v) is 4.28. The lowest BCUT2D eigenvalue weighted by atomic mass is 9.96. The Labute approximate surface area is 80.2 Å². The maximum absolute atomic E-state index is 12.5. The van der Waals surface area contributed by atoms with E-state index in [1.165, 1.54) is 12.1 Å². The minimum atomic E-state index is -4.29. The number of aliphatic hydroxyl groups is 1. The first kappa shape index (κ1) is 11.0. The third kappa shape index (κ3) is 2.73. The number of hydrogen-bond acceptors (Lipinski definition) is 1. The van der Waals surface area contributed by atoms with Crippen molar-refractivity contribution < 1.29 is 18.3 Å². The standard InChI is InChI=1S/C10H11F3O/c11-10(12,13)9(6-7-14)8-4-2-1-3-5-8/h1-5,9,14H,6-7H2/t9-/m1/s1. The van der Waals surface area contributed by atoms with Gasteiger partial charge >= 0.3 is 6.18 Å². The summed E-state index contributed by atoms with van der Waals surface area (Å²) in [5, 5.41) is 8.56. The predicted molar refractivity (Wildman–Crippen MR) is 46.9 cm³/mol. The van der Waals surface area contributed by atoms with E-state index in [-0.39, 0.29) is 12.0 Å². The maximum Gasteiger partial charge on any atom is 0.395 e. The molecule has 0 heterocycles. The van der Waals surface area contributed by atoms with Crippen LogP contribution in [0.2, 0.25) is 0 Å². The highest BCUT2D eigenvalue weighted by Gasteiger charge is 2.39. The highest BCUT2D eigenvalue weighted by Crippen LogP contribution is 2.36. The minimum absolute atomic E-state index is 0.203. The first-order valence-electron chi connectivity index (χ1n) is 4.28. The summed E-state index contributed by atoms with van der Waals surface area (Å²) < 4.78 is 37.4. The third-order valence-electron chi connectivity index (χ3n) is 2.01. The third-order valence-corrected chi connectivity index (χ3v) is 2.01. The summed E-state index contributed by atoms with van der Waals surface area (Å²) in [7, 11) is 0. The van der Waals surface area contributed by atoms with Crippen molar-refractivity contribution >= 4 is 0 Å². The Morgan fingerprint density at radius 1 is 1.14 bits per heavy atom. The van der Waals surface area contributed by atoms with Crippen molar-refractivity contribution in [3.8, 4) is 0 Å². The van der Waals surface area contributed by atoms with Crippen LogP contribution in [0, 0.1) is 0 Å². The molecule has 0 aliphatic rings. The SMILES string of the molecule is OCC[C@H](c1ccccc1)C(F)(F)F. The smallest absolute Gasteiger partial charge is 0.395 e. The molecular formula is C10H11F3O. The van der Waals surface area contributed by atoms with Crippen LogP contribution in [0.15, 0.2) is 30.3 Å². The molecule has 1 N–H and O–H groups in total. The zero-order chi connectivity index (χ0) is 10.6. The van der Waals surface area contributed by atoms with Crippen LogP contribution >= 0.6 is 0 Å². The Balaban J connectivity index is 2.89. The van der Waals surface area contributed by atoms with Gasteiger partial charge in [0.1, 0.15) is 0 Å². The minimum Gasteiger partial charge on any atom is -0.396 e. The fraction of sp³-hybridized carbons (Fsp3) is 0.400.